The molecule has 0 saturated carbocycles. The number of nitrogens with zero attached hydrogens (tertiary/aromatic N) is 1. The van der Waals surface area contributed by atoms with Gasteiger partial charge in [-0.1, -0.05) is 0 Å². The molecular formula is C11H16ClNO3. The highest BCUT2D eigenvalue weighted by molar-refractivity contribution is 6.32. The number of hydrogen-bond donors (Lipinski definition) is 1. The third-order valence-corrected chi connectivity index (χ3v) is 2.39. The van der Waals surface area contributed by atoms with E-state index in [9.17, 15) is 9.90 Å². The second-order valence-electron chi connectivity index (χ2n) is 4.24. The summed E-state index contributed by atoms with van der Waals surface area (Å²) in [6, 6.07) is 1.53. The number of hydrogen-bond acceptors (Lipinski definition) is 3. The van der Waals surface area contributed by atoms with Gasteiger partial charge in [-0.3, -0.25) is 4.79 Å². The maximum atomic E-state index is 12.0. The summed E-state index contributed by atoms with van der Waals surface area (Å²) in [6.07, 6.45) is 1.37. The average Bonchev–Trinajstić information content (AvgIpc) is 2.58. The first-order valence-corrected chi connectivity index (χ1v) is 5.47. The zero-order chi connectivity index (χ0) is 12.3. The Bertz CT molecular complexity index is 368. The average molecular weight is 246 g/mol. The fourth-order valence-electron chi connectivity index (χ4n) is 1.41. The van der Waals surface area contributed by atoms with Crippen LogP contribution in [0.4, 0.5) is 0 Å². The van der Waals surface area contributed by atoms with Gasteiger partial charge >= 0.3 is 0 Å². The molecule has 1 heterocycles. The topological polar surface area (TPSA) is 53.7 Å². The molecule has 0 saturated heterocycles. The van der Waals surface area contributed by atoms with E-state index in [2.05, 4.69) is 0 Å². The minimum absolute atomic E-state index is 0.0826. The summed E-state index contributed by atoms with van der Waals surface area (Å²) in [6.45, 7) is 5.91. The smallest absolute Gasteiger partial charge is 0.258 e. The number of halogens is 1. The van der Waals surface area contributed by atoms with E-state index in [-0.39, 0.29) is 17.7 Å². The number of furan rings is 1. The molecule has 90 valence electrons. The Morgan fingerprint density at radius 2 is 2.25 bits per heavy atom. The molecule has 1 rings (SSSR count). The van der Waals surface area contributed by atoms with Crippen molar-refractivity contribution in [2.45, 2.75) is 26.4 Å². The van der Waals surface area contributed by atoms with Crippen molar-refractivity contribution >= 4 is 17.5 Å². The first-order chi connectivity index (χ1) is 7.35. The van der Waals surface area contributed by atoms with Crippen molar-refractivity contribution in [2.24, 2.45) is 0 Å². The molecule has 1 aromatic heterocycles. The molecule has 0 atom stereocenters. The quantitative estimate of drug-likeness (QED) is 0.885. The van der Waals surface area contributed by atoms with Gasteiger partial charge in [0.05, 0.1) is 17.4 Å². The minimum Gasteiger partial charge on any atom is -0.452 e. The highest BCUT2D eigenvalue weighted by atomic mass is 35.5. The van der Waals surface area contributed by atoms with E-state index in [1.165, 1.54) is 17.2 Å². The molecule has 0 aliphatic carbocycles. The van der Waals surface area contributed by atoms with Crippen LogP contribution in [0, 0.1) is 0 Å². The lowest BCUT2D eigenvalue weighted by Crippen LogP contribution is -2.42. The zero-order valence-electron chi connectivity index (χ0n) is 9.66. The molecule has 0 spiro atoms. The highest BCUT2D eigenvalue weighted by Crippen LogP contribution is 2.19. The molecule has 0 unspecified atom stereocenters. The van der Waals surface area contributed by atoms with Gasteiger partial charge < -0.3 is 14.4 Å². The monoisotopic (exact) mass is 245 g/mol. The van der Waals surface area contributed by atoms with Crippen LogP contribution in [0.5, 0.6) is 0 Å². The van der Waals surface area contributed by atoms with Crippen LogP contribution >= 0.6 is 11.6 Å². The Labute approximate surface area is 99.8 Å². The van der Waals surface area contributed by atoms with Crippen molar-refractivity contribution < 1.29 is 14.3 Å². The summed E-state index contributed by atoms with van der Waals surface area (Å²) in [4.78, 5) is 13.5. The van der Waals surface area contributed by atoms with Gasteiger partial charge in [-0.2, -0.15) is 0 Å². The highest BCUT2D eigenvalue weighted by Gasteiger charge is 2.24. The Morgan fingerprint density at radius 1 is 1.62 bits per heavy atom. The third kappa shape index (κ3) is 3.25. The van der Waals surface area contributed by atoms with Crippen LogP contribution in [0.3, 0.4) is 0 Å². The van der Waals surface area contributed by atoms with Crippen molar-refractivity contribution in [1.82, 2.24) is 4.90 Å². The molecule has 0 radical (unpaired) electrons. The standard InChI is InChI=1S/C11H16ClNO3/c1-4-13(7-11(2,3)15)10(14)8-5-6-16-9(8)12/h5-6,15H,4,7H2,1-3H3. The first-order valence-electron chi connectivity index (χ1n) is 5.10. The van der Waals surface area contributed by atoms with E-state index >= 15 is 0 Å². The third-order valence-electron chi connectivity index (χ3n) is 2.10. The summed E-state index contributed by atoms with van der Waals surface area (Å²) in [5.41, 5.74) is -0.602. The van der Waals surface area contributed by atoms with Crippen molar-refractivity contribution in [2.75, 3.05) is 13.1 Å². The molecule has 16 heavy (non-hydrogen) atoms. The number of likely N-dealkylation sites (N-methyl/N-ethyl adjacent to an activating group) is 1. The minimum atomic E-state index is -0.929. The van der Waals surface area contributed by atoms with Crippen molar-refractivity contribution in [3.8, 4) is 0 Å². The number of carbonyl (C=O) groups is 1. The normalized spacial score (nSPS) is 11.6. The van der Waals surface area contributed by atoms with E-state index in [1.807, 2.05) is 6.92 Å². The van der Waals surface area contributed by atoms with E-state index in [4.69, 9.17) is 16.0 Å². The lowest BCUT2D eigenvalue weighted by molar-refractivity contribution is 0.0314. The molecule has 1 aromatic rings. The molecule has 0 fully saturated rings. The SMILES string of the molecule is CCN(CC(C)(C)O)C(=O)c1ccoc1Cl. The fourth-order valence-corrected chi connectivity index (χ4v) is 1.61. The van der Waals surface area contributed by atoms with Gasteiger partial charge in [0.2, 0.25) is 5.22 Å². The Kier molecular flexibility index (Phi) is 3.99. The summed E-state index contributed by atoms with van der Waals surface area (Å²) in [7, 11) is 0. The lowest BCUT2D eigenvalue weighted by Gasteiger charge is -2.27. The molecule has 0 aromatic carbocycles. The maximum absolute atomic E-state index is 12.0. The molecule has 0 aliphatic heterocycles. The van der Waals surface area contributed by atoms with Crippen LogP contribution < -0.4 is 0 Å². The number of aliphatic hydroxyl groups is 1. The van der Waals surface area contributed by atoms with Crippen LogP contribution in [0.15, 0.2) is 16.7 Å². The lowest BCUT2D eigenvalue weighted by atomic mass is 10.1. The van der Waals surface area contributed by atoms with Gasteiger partial charge in [0.25, 0.3) is 5.91 Å². The van der Waals surface area contributed by atoms with Crippen molar-refractivity contribution in [1.29, 1.82) is 0 Å². The Balaban J connectivity index is 2.82. The van der Waals surface area contributed by atoms with Crippen molar-refractivity contribution in [3.63, 3.8) is 0 Å². The second kappa shape index (κ2) is 4.89. The maximum Gasteiger partial charge on any atom is 0.258 e. The molecular weight excluding hydrogens is 230 g/mol. The van der Waals surface area contributed by atoms with E-state index < -0.39 is 5.60 Å². The molecule has 4 nitrogen and oxygen atoms in total. The van der Waals surface area contributed by atoms with Gasteiger partial charge in [-0.25, -0.2) is 0 Å². The molecule has 0 aliphatic rings. The fraction of sp³-hybridized carbons (Fsp3) is 0.545. The van der Waals surface area contributed by atoms with E-state index in [0.717, 1.165) is 0 Å². The van der Waals surface area contributed by atoms with Crippen LogP contribution in [-0.4, -0.2) is 34.6 Å². The van der Waals surface area contributed by atoms with Crippen LogP contribution in [0.1, 0.15) is 31.1 Å². The molecule has 1 amide bonds. The van der Waals surface area contributed by atoms with Gasteiger partial charge in [-0.05, 0) is 38.4 Å². The van der Waals surface area contributed by atoms with Gasteiger partial charge in [0.1, 0.15) is 0 Å². The summed E-state index contributed by atoms with van der Waals surface area (Å²) >= 11 is 5.73. The number of amides is 1. The molecule has 5 heteroatoms. The summed E-state index contributed by atoms with van der Waals surface area (Å²) in [5, 5.41) is 9.77. The Hall–Kier alpha value is -1.00. The van der Waals surface area contributed by atoms with Crippen molar-refractivity contribution in [3.05, 3.63) is 23.1 Å². The summed E-state index contributed by atoms with van der Waals surface area (Å²) in [5.74, 6) is -0.233. The first kappa shape index (κ1) is 13.1. The zero-order valence-corrected chi connectivity index (χ0v) is 10.4. The summed E-state index contributed by atoms with van der Waals surface area (Å²) < 4.78 is 4.87. The molecule has 1 N–H and O–H groups in total. The predicted molar refractivity (Wildman–Crippen MR) is 61.6 cm³/mol. The van der Waals surface area contributed by atoms with Crippen LogP contribution in [0.25, 0.3) is 0 Å². The number of carbonyl (C=O) groups excluding carboxylic acids is 1. The van der Waals surface area contributed by atoms with E-state index in [0.29, 0.717) is 12.1 Å². The van der Waals surface area contributed by atoms with E-state index in [1.54, 1.807) is 13.8 Å². The van der Waals surface area contributed by atoms with Crippen LogP contribution in [0.2, 0.25) is 5.22 Å². The largest absolute Gasteiger partial charge is 0.452 e. The number of rotatable bonds is 4. The van der Waals surface area contributed by atoms with Crippen LogP contribution in [-0.2, 0) is 0 Å². The predicted octanol–water partition coefficient (Wildman–Crippen LogP) is 2.17. The van der Waals surface area contributed by atoms with Gasteiger partial charge in [0.15, 0.2) is 0 Å². The second-order valence-corrected chi connectivity index (χ2v) is 4.58. The molecule has 0 bridgehead atoms. The van der Waals surface area contributed by atoms with Gasteiger partial charge in [0, 0.05) is 13.1 Å². The van der Waals surface area contributed by atoms with Gasteiger partial charge in [-0.15, -0.1) is 0 Å². The Morgan fingerprint density at radius 3 is 2.62 bits per heavy atom.